The largest absolute Gasteiger partial charge is 0.458 e. The van der Waals surface area contributed by atoms with E-state index in [4.69, 9.17) is 4.74 Å². The third-order valence-electron chi connectivity index (χ3n) is 5.51. The molecule has 200 valence electrons. The fourth-order valence-corrected chi connectivity index (χ4v) is 5.63. The van der Waals surface area contributed by atoms with Crippen LogP contribution in [-0.2, 0) is 24.4 Å². The fraction of sp³-hybridized carbons (Fsp3) is 0.400. The highest BCUT2D eigenvalue weighted by atomic mass is 32.2. The summed E-state index contributed by atoms with van der Waals surface area (Å²) in [7, 11) is -4.30. The van der Waals surface area contributed by atoms with Gasteiger partial charge in [-0.2, -0.15) is 8.42 Å². The van der Waals surface area contributed by atoms with E-state index >= 15 is 0 Å². The highest BCUT2D eigenvalue weighted by molar-refractivity contribution is 7.99. The summed E-state index contributed by atoms with van der Waals surface area (Å²) >= 11 is 1.44. The fourth-order valence-electron chi connectivity index (χ4n) is 3.70. The van der Waals surface area contributed by atoms with Crippen LogP contribution >= 0.6 is 11.8 Å². The van der Waals surface area contributed by atoms with E-state index in [1.165, 1.54) is 41.8 Å². The number of hydrogen-bond acceptors (Lipinski definition) is 7. The quantitative estimate of drug-likeness (QED) is 0.350. The number of urea groups is 1. The number of nitrogens with zero attached hydrogens (tertiary/aromatic N) is 1. The second-order valence-electron chi connectivity index (χ2n) is 9.54. The summed E-state index contributed by atoms with van der Waals surface area (Å²) in [6.45, 7) is 6.21. The average molecular weight is 550 g/mol. The maximum atomic E-state index is 13.3. The van der Waals surface area contributed by atoms with Gasteiger partial charge in [-0.25, -0.2) is 9.59 Å². The topological polar surface area (TPSA) is 142 Å². The van der Waals surface area contributed by atoms with Crippen LogP contribution < -0.4 is 10.6 Å². The molecule has 1 heterocycles. The van der Waals surface area contributed by atoms with Gasteiger partial charge in [0.2, 0.25) is 5.91 Å². The molecular weight excluding hydrogens is 518 g/mol. The minimum atomic E-state index is -4.30. The number of hydrogen-bond donors (Lipinski definition) is 3. The van der Waals surface area contributed by atoms with Crippen molar-refractivity contribution in [1.29, 1.82) is 0 Å². The van der Waals surface area contributed by atoms with Crippen LogP contribution in [0.1, 0.15) is 49.4 Å². The number of anilines is 1. The summed E-state index contributed by atoms with van der Waals surface area (Å²) in [5, 5.41) is 3.45. The molecule has 0 bridgehead atoms. The number of benzene rings is 2. The number of carbonyl (C=O) groups is 3. The van der Waals surface area contributed by atoms with Gasteiger partial charge in [-0.05, 0) is 51.0 Å². The third-order valence-corrected chi connectivity index (χ3v) is 8.00. The lowest BCUT2D eigenvalue weighted by Gasteiger charge is -2.30. The van der Waals surface area contributed by atoms with Crippen molar-refractivity contribution < 1.29 is 32.1 Å². The van der Waals surface area contributed by atoms with E-state index in [0.29, 0.717) is 5.75 Å². The van der Waals surface area contributed by atoms with E-state index in [0.717, 1.165) is 5.56 Å². The zero-order valence-electron chi connectivity index (χ0n) is 21.0. The van der Waals surface area contributed by atoms with Gasteiger partial charge >= 0.3 is 12.0 Å². The van der Waals surface area contributed by atoms with Crippen LogP contribution in [-0.4, -0.2) is 59.7 Å². The van der Waals surface area contributed by atoms with Gasteiger partial charge in [0.15, 0.2) is 0 Å². The number of nitrogens with one attached hydrogen (secondary N) is 2. The van der Waals surface area contributed by atoms with Gasteiger partial charge in [-0.1, -0.05) is 42.5 Å². The van der Waals surface area contributed by atoms with Crippen LogP contribution in [0.3, 0.4) is 0 Å². The summed E-state index contributed by atoms with van der Waals surface area (Å²) < 4.78 is 37.7. The molecule has 1 unspecified atom stereocenters. The Bertz CT molecular complexity index is 1250. The van der Waals surface area contributed by atoms with Crippen molar-refractivity contribution in [2.24, 2.45) is 0 Å². The molecule has 0 spiro atoms. The Kier molecular flexibility index (Phi) is 8.88. The Morgan fingerprint density at radius 2 is 1.81 bits per heavy atom. The Labute approximate surface area is 220 Å². The predicted octanol–water partition coefficient (Wildman–Crippen LogP) is 3.74. The van der Waals surface area contributed by atoms with Crippen molar-refractivity contribution in [3.05, 3.63) is 65.7 Å². The molecule has 2 aromatic carbocycles. The normalized spacial score (nSPS) is 18.7. The summed E-state index contributed by atoms with van der Waals surface area (Å²) in [4.78, 5) is 40.1. The molecule has 1 fully saturated rings. The van der Waals surface area contributed by atoms with Gasteiger partial charge in [-0.15, -0.1) is 11.8 Å². The molecule has 0 aliphatic carbocycles. The molecule has 10 nitrogen and oxygen atoms in total. The number of thioether (sulfide) groups is 1. The van der Waals surface area contributed by atoms with Crippen molar-refractivity contribution in [2.75, 3.05) is 17.6 Å². The standard InChI is InChI=1S/C25H31N3O7S2/c1-16(37(32,33)34)18-11-8-12-19(13-18)27-24(31)26-14-21(29)28-20(23(30)35-25(2,3)4)15-36-22(28)17-9-6-5-7-10-17/h5-13,16,20,22H,14-15H2,1-4H3,(H2,26,27,31)(H,32,33,34)/t16?,20-,22+/m0/s1. The SMILES string of the molecule is CC(c1cccc(NC(=O)NCC(=O)N2[C@@H](c3ccccc3)SC[C@H]2C(=O)OC(C)(C)C)c1)S(=O)(=O)O. The summed E-state index contributed by atoms with van der Waals surface area (Å²) in [5.74, 6) is -0.620. The Hall–Kier alpha value is -3.09. The second-order valence-corrected chi connectivity index (χ2v) is 12.4. The van der Waals surface area contributed by atoms with Crippen LogP contribution in [0.15, 0.2) is 54.6 Å². The van der Waals surface area contributed by atoms with Gasteiger partial charge in [0.25, 0.3) is 10.1 Å². The van der Waals surface area contributed by atoms with Crippen molar-refractivity contribution in [2.45, 2.75) is 50.0 Å². The Morgan fingerprint density at radius 1 is 1.14 bits per heavy atom. The minimum Gasteiger partial charge on any atom is -0.458 e. The molecule has 0 aromatic heterocycles. The van der Waals surface area contributed by atoms with Crippen LogP contribution in [0.4, 0.5) is 10.5 Å². The summed E-state index contributed by atoms with van der Waals surface area (Å²) in [6.07, 6.45) is 0. The number of rotatable bonds is 7. The van der Waals surface area contributed by atoms with E-state index in [1.54, 1.807) is 26.8 Å². The van der Waals surface area contributed by atoms with Gasteiger partial charge in [0, 0.05) is 11.4 Å². The van der Waals surface area contributed by atoms with Gasteiger partial charge in [0.1, 0.15) is 22.3 Å². The molecule has 2 aromatic rings. The third kappa shape index (κ3) is 7.70. The maximum absolute atomic E-state index is 13.3. The summed E-state index contributed by atoms with van der Waals surface area (Å²) in [5.41, 5.74) is 0.696. The maximum Gasteiger partial charge on any atom is 0.330 e. The number of carbonyl (C=O) groups excluding carboxylic acids is 3. The Morgan fingerprint density at radius 3 is 2.43 bits per heavy atom. The van der Waals surface area contributed by atoms with Gasteiger partial charge in [-0.3, -0.25) is 9.35 Å². The Balaban J connectivity index is 1.71. The van der Waals surface area contributed by atoms with E-state index in [9.17, 15) is 27.4 Å². The van der Waals surface area contributed by atoms with Crippen molar-refractivity contribution in [3.63, 3.8) is 0 Å². The van der Waals surface area contributed by atoms with Gasteiger partial charge in [0.05, 0.1) is 6.54 Å². The monoisotopic (exact) mass is 549 g/mol. The first-order chi connectivity index (χ1) is 17.3. The molecule has 1 saturated heterocycles. The van der Waals surface area contributed by atoms with Crippen molar-refractivity contribution in [1.82, 2.24) is 10.2 Å². The van der Waals surface area contributed by atoms with E-state index in [1.807, 2.05) is 30.3 Å². The van der Waals surface area contributed by atoms with Gasteiger partial charge < -0.3 is 20.3 Å². The number of ether oxygens (including phenoxy) is 1. The molecule has 37 heavy (non-hydrogen) atoms. The molecule has 3 N–H and O–H groups in total. The average Bonchev–Trinajstić information content (AvgIpc) is 3.27. The first kappa shape index (κ1) is 28.5. The highest BCUT2D eigenvalue weighted by Crippen LogP contribution is 2.42. The molecule has 0 radical (unpaired) electrons. The molecule has 3 rings (SSSR count). The minimum absolute atomic E-state index is 0.281. The first-order valence-corrected chi connectivity index (χ1v) is 14.1. The molecule has 1 aliphatic heterocycles. The van der Waals surface area contributed by atoms with Crippen molar-refractivity contribution >= 4 is 45.5 Å². The van der Waals surface area contributed by atoms with E-state index < -0.39 is 50.3 Å². The number of amides is 3. The lowest BCUT2D eigenvalue weighted by atomic mass is 10.1. The summed E-state index contributed by atoms with van der Waals surface area (Å²) in [6, 6.07) is 13.8. The van der Waals surface area contributed by atoms with Crippen LogP contribution in [0.25, 0.3) is 0 Å². The smallest absolute Gasteiger partial charge is 0.330 e. The first-order valence-electron chi connectivity index (χ1n) is 11.6. The molecule has 1 aliphatic rings. The van der Waals surface area contributed by atoms with Crippen LogP contribution in [0, 0.1) is 0 Å². The molecular formula is C25H31N3O7S2. The van der Waals surface area contributed by atoms with Crippen LogP contribution in [0.2, 0.25) is 0 Å². The molecule has 3 atom stereocenters. The van der Waals surface area contributed by atoms with E-state index in [-0.39, 0.29) is 17.8 Å². The number of esters is 1. The molecule has 12 heteroatoms. The molecule has 0 saturated carbocycles. The van der Waals surface area contributed by atoms with Crippen molar-refractivity contribution in [3.8, 4) is 0 Å². The lowest BCUT2D eigenvalue weighted by Crippen LogP contribution is -2.49. The lowest BCUT2D eigenvalue weighted by molar-refractivity contribution is -0.163. The highest BCUT2D eigenvalue weighted by Gasteiger charge is 2.44. The van der Waals surface area contributed by atoms with E-state index in [2.05, 4.69) is 10.6 Å². The second kappa shape index (κ2) is 11.5. The molecule has 3 amide bonds. The predicted molar refractivity (Wildman–Crippen MR) is 142 cm³/mol. The zero-order chi connectivity index (χ0) is 27.4. The zero-order valence-corrected chi connectivity index (χ0v) is 22.6. The van der Waals surface area contributed by atoms with Crippen LogP contribution in [0.5, 0.6) is 0 Å².